The third kappa shape index (κ3) is 4.51. The molecule has 2 fully saturated rings. The van der Waals surface area contributed by atoms with Gasteiger partial charge in [0.25, 0.3) is 0 Å². The van der Waals surface area contributed by atoms with E-state index >= 15 is 0 Å². The van der Waals surface area contributed by atoms with Crippen LogP contribution < -0.4 is 5.32 Å². The minimum atomic E-state index is -0.191. The van der Waals surface area contributed by atoms with Crippen molar-refractivity contribution in [1.82, 2.24) is 9.80 Å². The van der Waals surface area contributed by atoms with Crippen molar-refractivity contribution < 1.29 is 9.59 Å². The smallest absolute Gasteiger partial charge is 0.228 e. The van der Waals surface area contributed by atoms with Crippen LogP contribution in [0.2, 0.25) is 0 Å². The van der Waals surface area contributed by atoms with Gasteiger partial charge in [0.15, 0.2) is 0 Å². The molecular weight excluding hydrogens is 362 g/mol. The molecule has 152 valence electrons. The normalized spacial score (nSPS) is 21.7. The molecule has 2 unspecified atom stereocenters. The van der Waals surface area contributed by atoms with E-state index in [-0.39, 0.29) is 23.7 Å². The molecular formula is C24H29N3O2. The van der Waals surface area contributed by atoms with Crippen molar-refractivity contribution >= 4 is 17.5 Å². The van der Waals surface area contributed by atoms with Crippen LogP contribution in [-0.4, -0.2) is 47.8 Å². The number of aryl methyl sites for hydroxylation is 2. The molecule has 2 atom stereocenters. The number of para-hydroxylation sites is 1. The van der Waals surface area contributed by atoms with E-state index in [0.717, 1.165) is 49.5 Å². The number of carbonyl (C=O) groups is 2. The van der Waals surface area contributed by atoms with Crippen molar-refractivity contribution in [3.8, 4) is 0 Å². The summed E-state index contributed by atoms with van der Waals surface area (Å²) in [5.74, 6) is -0.224. The van der Waals surface area contributed by atoms with Gasteiger partial charge in [-0.05, 0) is 37.0 Å². The number of nitrogens with zero attached hydrogens (tertiary/aromatic N) is 2. The Bertz CT molecular complexity index is 868. The van der Waals surface area contributed by atoms with Gasteiger partial charge in [0.2, 0.25) is 11.8 Å². The van der Waals surface area contributed by atoms with Crippen LogP contribution >= 0.6 is 0 Å². The molecule has 2 aromatic rings. The summed E-state index contributed by atoms with van der Waals surface area (Å²) in [6.45, 7) is 8.16. The summed E-state index contributed by atoms with van der Waals surface area (Å²) >= 11 is 0. The van der Waals surface area contributed by atoms with E-state index in [0.29, 0.717) is 6.42 Å². The first-order valence-electron chi connectivity index (χ1n) is 10.4. The fourth-order valence-electron chi connectivity index (χ4n) is 4.19. The summed E-state index contributed by atoms with van der Waals surface area (Å²) in [7, 11) is 0. The number of amides is 2. The molecule has 1 aliphatic heterocycles. The first-order valence-corrected chi connectivity index (χ1v) is 10.4. The van der Waals surface area contributed by atoms with E-state index in [1.165, 1.54) is 5.56 Å². The van der Waals surface area contributed by atoms with Crippen LogP contribution in [0.1, 0.15) is 23.1 Å². The van der Waals surface area contributed by atoms with E-state index in [9.17, 15) is 9.59 Å². The van der Waals surface area contributed by atoms with Gasteiger partial charge in [0.05, 0.1) is 11.8 Å². The highest BCUT2D eigenvalue weighted by Crippen LogP contribution is 2.41. The second kappa shape index (κ2) is 8.37. The zero-order valence-electron chi connectivity index (χ0n) is 17.2. The first-order chi connectivity index (χ1) is 14.0. The molecule has 1 aliphatic carbocycles. The third-order valence-electron chi connectivity index (χ3n) is 6.11. The van der Waals surface area contributed by atoms with Gasteiger partial charge < -0.3 is 10.2 Å². The molecule has 1 saturated heterocycles. The molecule has 0 radical (unpaired) electrons. The SMILES string of the molecule is Cc1cccc(C)c1NC(=O)C1CC1C(=O)N1CCN(Cc2ccccc2)CC1. The predicted molar refractivity (Wildman–Crippen MR) is 114 cm³/mol. The van der Waals surface area contributed by atoms with Crippen LogP contribution in [0.25, 0.3) is 0 Å². The second-order valence-corrected chi connectivity index (χ2v) is 8.29. The molecule has 2 aromatic carbocycles. The second-order valence-electron chi connectivity index (χ2n) is 8.29. The Morgan fingerprint density at radius 3 is 2.21 bits per heavy atom. The molecule has 0 spiro atoms. The average Bonchev–Trinajstić information content (AvgIpc) is 3.53. The van der Waals surface area contributed by atoms with Crippen LogP contribution in [0.4, 0.5) is 5.69 Å². The van der Waals surface area contributed by atoms with Crippen molar-refractivity contribution in [2.24, 2.45) is 11.8 Å². The summed E-state index contributed by atoms with van der Waals surface area (Å²) in [6, 6.07) is 16.4. The van der Waals surface area contributed by atoms with Gasteiger partial charge >= 0.3 is 0 Å². The van der Waals surface area contributed by atoms with Gasteiger partial charge in [0.1, 0.15) is 0 Å². The van der Waals surface area contributed by atoms with E-state index in [1.54, 1.807) is 0 Å². The van der Waals surface area contributed by atoms with Crippen LogP contribution in [0.5, 0.6) is 0 Å². The maximum absolute atomic E-state index is 12.9. The number of benzene rings is 2. The molecule has 29 heavy (non-hydrogen) atoms. The molecule has 1 heterocycles. The highest BCUT2D eigenvalue weighted by molar-refractivity contribution is 6.00. The van der Waals surface area contributed by atoms with E-state index in [2.05, 4.69) is 34.5 Å². The number of hydrogen-bond acceptors (Lipinski definition) is 3. The lowest BCUT2D eigenvalue weighted by molar-refractivity contribution is -0.135. The highest BCUT2D eigenvalue weighted by Gasteiger charge is 2.49. The van der Waals surface area contributed by atoms with Crippen LogP contribution in [0.15, 0.2) is 48.5 Å². The molecule has 5 nitrogen and oxygen atoms in total. The maximum Gasteiger partial charge on any atom is 0.228 e. The average molecular weight is 392 g/mol. The van der Waals surface area contributed by atoms with Gasteiger partial charge in [-0.15, -0.1) is 0 Å². The molecule has 2 aliphatic rings. The van der Waals surface area contributed by atoms with Gasteiger partial charge in [-0.25, -0.2) is 0 Å². The maximum atomic E-state index is 12.9. The van der Waals surface area contributed by atoms with E-state index < -0.39 is 0 Å². The summed E-state index contributed by atoms with van der Waals surface area (Å²) < 4.78 is 0. The summed E-state index contributed by atoms with van der Waals surface area (Å²) in [4.78, 5) is 29.8. The van der Waals surface area contributed by atoms with E-state index in [4.69, 9.17) is 0 Å². The number of rotatable bonds is 5. The minimum absolute atomic E-state index is 0.0246. The van der Waals surface area contributed by atoms with Gasteiger partial charge in [-0.1, -0.05) is 48.5 Å². The Morgan fingerprint density at radius 2 is 1.55 bits per heavy atom. The molecule has 1 N–H and O–H groups in total. The number of carbonyl (C=O) groups excluding carboxylic acids is 2. The number of anilines is 1. The number of nitrogens with one attached hydrogen (secondary N) is 1. The first kappa shape index (κ1) is 19.6. The Kier molecular flexibility index (Phi) is 5.67. The van der Waals surface area contributed by atoms with Gasteiger partial charge in [-0.3, -0.25) is 14.5 Å². The fourth-order valence-corrected chi connectivity index (χ4v) is 4.19. The Balaban J connectivity index is 1.27. The summed E-state index contributed by atoms with van der Waals surface area (Å²) in [5.41, 5.74) is 4.29. The van der Waals surface area contributed by atoms with Crippen molar-refractivity contribution in [3.63, 3.8) is 0 Å². The summed E-state index contributed by atoms with van der Waals surface area (Å²) in [5, 5.41) is 3.04. The monoisotopic (exact) mass is 391 g/mol. The zero-order chi connectivity index (χ0) is 20.4. The van der Waals surface area contributed by atoms with Crippen LogP contribution in [0, 0.1) is 25.7 Å². The van der Waals surface area contributed by atoms with Crippen molar-refractivity contribution in [1.29, 1.82) is 0 Å². The molecule has 2 amide bonds. The largest absolute Gasteiger partial charge is 0.340 e. The Hall–Kier alpha value is -2.66. The van der Waals surface area contributed by atoms with E-state index in [1.807, 2.05) is 43.0 Å². The van der Waals surface area contributed by atoms with Crippen molar-refractivity contribution in [2.75, 3.05) is 31.5 Å². The molecule has 5 heteroatoms. The lowest BCUT2D eigenvalue weighted by atomic mass is 10.1. The van der Waals surface area contributed by atoms with Crippen LogP contribution in [-0.2, 0) is 16.1 Å². The molecule has 1 saturated carbocycles. The lowest BCUT2D eigenvalue weighted by Crippen LogP contribution is -2.49. The van der Waals surface area contributed by atoms with Gasteiger partial charge in [0, 0.05) is 38.4 Å². The number of hydrogen-bond donors (Lipinski definition) is 1. The predicted octanol–water partition coefficient (Wildman–Crippen LogP) is 3.22. The Labute approximate surface area is 172 Å². The highest BCUT2D eigenvalue weighted by atomic mass is 16.2. The fraction of sp³-hybridized carbons (Fsp3) is 0.417. The third-order valence-corrected chi connectivity index (χ3v) is 6.11. The minimum Gasteiger partial charge on any atom is -0.340 e. The van der Waals surface area contributed by atoms with Crippen molar-refractivity contribution in [3.05, 3.63) is 65.2 Å². The number of piperazine rings is 1. The van der Waals surface area contributed by atoms with Crippen molar-refractivity contribution in [2.45, 2.75) is 26.8 Å². The lowest BCUT2D eigenvalue weighted by Gasteiger charge is -2.35. The zero-order valence-corrected chi connectivity index (χ0v) is 17.2. The van der Waals surface area contributed by atoms with Gasteiger partial charge in [-0.2, -0.15) is 0 Å². The quantitative estimate of drug-likeness (QED) is 0.851. The summed E-state index contributed by atoms with van der Waals surface area (Å²) in [6.07, 6.45) is 0.666. The molecule has 4 rings (SSSR count). The Morgan fingerprint density at radius 1 is 0.897 bits per heavy atom. The molecule has 0 bridgehead atoms. The standard InChI is InChI=1S/C24H29N3O2/c1-17-7-6-8-18(2)22(17)25-23(28)20-15-21(20)24(29)27-13-11-26(12-14-27)16-19-9-4-3-5-10-19/h3-10,20-21H,11-16H2,1-2H3,(H,25,28). The molecule has 0 aromatic heterocycles. The topological polar surface area (TPSA) is 52.7 Å². The van der Waals surface area contributed by atoms with Crippen LogP contribution in [0.3, 0.4) is 0 Å².